The number of aliphatic carboxylic acids is 2. The summed E-state index contributed by atoms with van der Waals surface area (Å²) in [5, 5.41) is 23.8. The van der Waals surface area contributed by atoms with Gasteiger partial charge >= 0.3 is 0 Å². The molecule has 0 aromatic carbocycles. The van der Waals surface area contributed by atoms with Crippen LogP contribution in [0.2, 0.25) is 0 Å². The normalized spacial score (nSPS) is 10.7. The molecule has 1 rings (SSSR count). The van der Waals surface area contributed by atoms with Crippen LogP contribution in [0.15, 0.2) is 18.6 Å². The first kappa shape index (κ1) is 13.6. The molecule has 0 spiro atoms. The fourth-order valence-electron chi connectivity index (χ4n) is 1.37. The highest BCUT2D eigenvalue weighted by atomic mass is 16.4. The van der Waals surface area contributed by atoms with Crippen molar-refractivity contribution >= 4 is 17.8 Å². The fourth-order valence-corrected chi connectivity index (χ4v) is 1.37. The molecule has 1 N–H and O–H groups in total. The Bertz CT molecular complexity index is 460. The number of hydrogen-bond acceptors (Lipinski definition) is 7. The van der Waals surface area contributed by atoms with Gasteiger partial charge in [0.15, 0.2) is 0 Å². The van der Waals surface area contributed by atoms with E-state index in [9.17, 15) is 24.6 Å². The summed E-state index contributed by atoms with van der Waals surface area (Å²) in [5.41, 5.74) is -2.60. The first-order chi connectivity index (χ1) is 8.38. The SMILES string of the molecule is CC(=O)NC(Cc1cnccn1)(C(=O)[O-])C(=O)[O-]. The summed E-state index contributed by atoms with van der Waals surface area (Å²) in [6.45, 7) is 0.983. The molecular weight excluding hydrogens is 242 g/mol. The van der Waals surface area contributed by atoms with Gasteiger partial charge in [0.25, 0.3) is 0 Å². The Morgan fingerprint density at radius 2 is 1.89 bits per heavy atom. The third kappa shape index (κ3) is 2.78. The van der Waals surface area contributed by atoms with Crippen molar-refractivity contribution < 1.29 is 24.6 Å². The Balaban J connectivity index is 3.14. The van der Waals surface area contributed by atoms with Crippen molar-refractivity contribution in [1.29, 1.82) is 0 Å². The van der Waals surface area contributed by atoms with Gasteiger partial charge in [-0.2, -0.15) is 0 Å². The Labute approximate surface area is 102 Å². The van der Waals surface area contributed by atoms with Crippen molar-refractivity contribution in [2.75, 3.05) is 0 Å². The molecule has 1 aromatic rings. The monoisotopic (exact) mass is 251 g/mol. The summed E-state index contributed by atoms with van der Waals surface area (Å²) in [5.74, 6) is -4.81. The second-order valence-electron chi connectivity index (χ2n) is 3.53. The van der Waals surface area contributed by atoms with Gasteiger partial charge < -0.3 is 25.1 Å². The second kappa shape index (κ2) is 5.21. The van der Waals surface area contributed by atoms with E-state index >= 15 is 0 Å². The van der Waals surface area contributed by atoms with E-state index in [0.29, 0.717) is 0 Å². The number of hydrogen-bond donors (Lipinski definition) is 1. The zero-order valence-corrected chi connectivity index (χ0v) is 9.37. The molecule has 1 amide bonds. The van der Waals surface area contributed by atoms with Crippen molar-refractivity contribution in [3.05, 3.63) is 24.3 Å². The Kier molecular flexibility index (Phi) is 3.93. The average molecular weight is 251 g/mol. The van der Waals surface area contributed by atoms with Crippen molar-refractivity contribution in [2.24, 2.45) is 0 Å². The van der Waals surface area contributed by atoms with E-state index in [0.717, 1.165) is 6.92 Å². The largest absolute Gasteiger partial charge is 0.547 e. The zero-order chi connectivity index (χ0) is 13.8. The fraction of sp³-hybridized carbons (Fsp3) is 0.300. The Hall–Kier alpha value is -2.51. The molecule has 1 aromatic heterocycles. The number of carbonyl (C=O) groups excluding carboxylic acids is 3. The predicted molar refractivity (Wildman–Crippen MR) is 52.3 cm³/mol. The highest BCUT2D eigenvalue weighted by Gasteiger charge is 2.35. The summed E-state index contributed by atoms with van der Waals surface area (Å²) >= 11 is 0. The molecule has 8 nitrogen and oxygen atoms in total. The maximum atomic E-state index is 11.0. The maximum Gasteiger partial charge on any atom is 0.217 e. The summed E-state index contributed by atoms with van der Waals surface area (Å²) in [6.07, 6.45) is 3.16. The number of aromatic nitrogens is 2. The number of carbonyl (C=O) groups is 3. The van der Waals surface area contributed by atoms with E-state index in [1.807, 2.05) is 5.32 Å². The number of carboxylic acid groups (broad SMARTS) is 2. The van der Waals surface area contributed by atoms with Gasteiger partial charge in [-0.25, -0.2) is 0 Å². The van der Waals surface area contributed by atoms with Crippen molar-refractivity contribution in [3.8, 4) is 0 Å². The molecule has 0 bridgehead atoms. The molecule has 0 atom stereocenters. The number of nitrogens with one attached hydrogen (secondary N) is 1. The molecule has 0 aliphatic heterocycles. The number of rotatable bonds is 5. The van der Waals surface area contributed by atoms with E-state index < -0.39 is 29.8 Å². The van der Waals surface area contributed by atoms with Gasteiger partial charge in [-0.15, -0.1) is 0 Å². The highest BCUT2D eigenvalue weighted by molar-refractivity contribution is 6.04. The van der Waals surface area contributed by atoms with Gasteiger partial charge in [-0.1, -0.05) is 0 Å². The van der Waals surface area contributed by atoms with Gasteiger partial charge in [0.1, 0.15) is 5.54 Å². The number of nitrogens with zero attached hydrogens (tertiary/aromatic N) is 2. The zero-order valence-electron chi connectivity index (χ0n) is 9.37. The van der Waals surface area contributed by atoms with Gasteiger partial charge in [-0.3, -0.25) is 14.8 Å². The maximum absolute atomic E-state index is 11.0. The summed E-state index contributed by atoms with van der Waals surface area (Å²) in [4.78, 5) is 40.3. The van der Waals surface area contributed by atoms with Gasteiger partial charge in [-0.05, 0) is 0 Å². The van der Waals surface area contributed by atoms with E-state index in [-0.39, 0.29) is 5.69 Å². The van der Waals surface area contributed by atoms with Crippen LogP contribution < -0.4 is 15.5 Å². The summed E-state index contributed by atoms with van der Waals surface area (Å²) in [7, 11) is 0. The summed E-state index contributed by atoms with van der Waals surface area (Å²) < 4.78 is 0. The molecule has 96 valence electrons. The third-order valence-corrected chi connectivity index (χ3v) is 2.15. The molecule has 0 aliphatic rings. The molecule has 0 saturated heterocycles. The van der Waals surface area contributed by atoms with Crippen molar-refractivity contribution in [2.45, 2.75) is 18.9 Å². The van der Waals surface area contributed by atoms with E-state index in [4.69, 9.17) is 0 Å². The third-order valence-electron chi connectivity index (χ3n) is 2.15. The lowest BCUT2D eigenvalue weighted by atomic mass is 9.93. The Morgan fingerprint density at radius 1 is 1.28 bits per heavy atom. The van der Waals surface area contributed by atoms with E-state index in [2.05, 4.69) is 9.97 Å². The molecule has 8 heteroatoms. The lowest BCUT2D eigenvalue weighted by Crippen LogP contribution is -2.69. The molecule has 0 saturated carbocycles. The first-order valence-corrected chi connectivity index (χ1v) is 4.85. The minimum Gasteiger partial charge on any atom is -0.547 e. The second-order valence-corrected chi connectivity index (χ2v) is 3.53. The van der Waals surface area contributed by atoms with Crippen LogP contribution in [0.3, 0.4) is 0 Å². The van der Waals surface area contributed by atoms with E-state index in [1.165, 1.54) is 18.6 Å². The molecule has 0 fully saturated rings. The predicted octanol–water partition coefficient (Wildman–Crippen LogP) is -3.61. The molecule has 0 radical (unpaired) electrons. The van der Waals surface area contributed by atoms with Crippen molar-refractivity contribution in [3.63, 3.8) is 0 Å². The van der Waals surface area contributed by atoms with Crippen LogP contribution in [0.4, 0.5) is 0 Å². The minimum atomic E-state index is -2.66. The topological polar surface area (TPSA) is 135 Å². The molecule has 1 heterocycles. The van der Waals surface area contributed by atoms with E-state index in [1.54, 1.807) is 0 Å². The molecule has 0 unspecified atom stereocenters. The van der Waals surface area contributed by atoms with Gasteiger partial charge in [0, 0.05) is 31.9 Å². The quantitative estimate of drug-likeness (QED) is 0.534. The smallest absolute Gasteiger partial charge is 0.217 e. The van der Waals surface area contributed by atoms with Crippen LogP contribution in [0.25, 0.3) is 0 Å². The average Bonchev–Trinajstić information content (AvgIpc) is 2.28. The lowest BCUT2D eigenvalue weighted by Gasteiger charge is -2.35. The number of carboxylic acids is 2. The van der Waals surface area contributed by atoms with Crippen LogP contribution in [0, 0.1) is 0 Å². The minimum absolute atomic E-state index is 0.0691. The molecule has 18 heavy (non-hydrogen) atoms. The van der Waals surface area contributed by atoms with Gasteiger partial charge in [0.05, 0.1) is 17.6 Å². The van der Waals surface area contributed by atoms with Gasteiger partial charge in [0.2, 0.25) is 5.91 Å². The van der Waals surface area contributed by atoms with Crippen molar-refractivity contribution in [1.82, 2.24) is 15.3 Å². The Morgan fingerprint density at radius 3 is 2.28 bits per heavy atom. The standard InChI is InChI=1S/C10H11N3O5/c1-6(14)13-10(8(15)16,9(17)18)4-7-5-11-2-3-12-7/h2-3,5H,4H2,1H3,(H,13,14)(H,15,16)(H,17,18)/p-2. The lowest BCUT2D eigenvalue weighted by molar-refractivity contribution is -0.335. The highest BCUT2D eigenvalue weighted by Crippen LogP contribution is 2.10. The summed E-state index contributed by atoms with van der Waals surface area (Å²) in [6, 6.07) is 0. The van der Waals surface area contributed by atoms with Crippen LogP contribution in [-0.2, 0) is 20.8 Å². The van der Waals surface area contributed by atoms with Crippen LogP contribution >= 0.6 is 0 Å². The van der Waals surface area contributed by atoms with Crippen LogP contribution in [0.1, 0.15) is 12.6 Å². The molecular formula is C10H9N3O5-2. The molecule has 0 aliphatic carbocycles. The van der Waals surface area contributed by atoms with Crippen LogP contribution in [0.5, 0.6) is 0 Å². The van der Waals surface area contributed by atoms with Crippen LogP contribution in [-0.4, -0.2) is 33.4 Å². The number of amides is 1. The first-order valence-electron chi connectivity index (χ1n) is 4.85.